The average Bonchev–Trinajstić information content (AvgIpc) is 2.46. The summed E-state index contributed by atoms with van der Waals surface area (Å²) in [7, 11) is 4.02. The molecule has 0 spiro atoms. The molecule has 2 heteroatoms. The summed E-state index contributed by atoms with van der Waals surface area (Å²) in [5.74, 6) is 0. The van der Waals surface area contributed by atoms with Crippen molar-refractivity contribution in [1.29, 1.82) is 0 Å². The van der Waals surface area contributed by atoms with Crippen LogP contribution in [0.3, 0.4) is 0 Å². The van der Waals surface area contributed by atoms with Gasteiger partial charge in [-0.1, -0.05) is 42.0 Å². The minimum absolute atomic E-state index is 0.842. The highest BCUT2D eigenvalue weighted by atomic mass is 16.1. The Kier molecular flexibility index (Phi) is 4.36. The fourth-order valence-corrected chi connectivity index (χ4v) is 2.10. The predicted octanol–water partition coefficient (Wildman–Crippen LogP) is 3.69. The second-order valence-electron chi connectivity index (χ2n) is 5.02. The molecule has 102 valence electrons. The molecule has 2 aromatic rings. The van der Waals surface area contributed by atoms with Crippen molar-refractivity contribution >= 4 is 17.5 Å². The summed E-state index contributed by atoms with van der Waals surface area (Å²) in [6.45, 7) is 2.05. The lowest BCUT2D eigenvalue weighted by Crippen LogP contribution is -2.08. The number of carbonyl (C=O) groups is 1. The number of hydrogen-bond acceptors (Lipinski definition) is 2. The molecule has 0 aliphatic carbocycles. The Hall–Kier alpha value is -2.35. The van der Waals surface area contributed by atoms with E-state index >= 15 is 0 Å². The third-order valence-corrected chi connectivity index (χ3v) is 3.29. The molecular formula is C18H19NO. The highest BCUT2D eigenvalue weighted by Gasteiger charge is 2.05. The van der Waals surface area contributed by atoms with Gasteiger partial charge in [-0.15, -0.1) is 0 Å². The van der Waals surface area contributed by atoms with Gasteiger partial charge in [0, 0.05) is 19.8 Å². The van der Waals surface area contributed by atoms with Gasteiger partial charge in [0.25, 0.3) is 0 Å². The maximum absolute atomic E-state index is 10.9. The molecule has 0 saturated carbocycles. The van der Waals surface area contributed by atoms with Gasteiger partial charge >= 0.3 is 0 Å². The van der Waals surface area contributed by atoms with Crippen LogP contribution in [0.1, 0.15) is 16.7 Å². The van der Waals surface area contributed by atoms with Crippen LogP contribution in [0.4, 0.5) is 5.69 Å². The molecule has 2 rings (SSSR count). The van der Waals surface area contributed by atoms with Gasteiger partial charge in [0.15, 0.2) is 0 Å². The Labute approximate surface area is 120 Å². The van der Waals surface area contributed by atoms with Crippen molar-refractivity contribution in [3.8, 4) is 0 Å². The molecule has 0 bridgehead atoms. The van der Waals surface area contributed by atoms with Crippen molar-refractivity contribution in [3.05, 3.63) is 71.3 Å². The normalized spacial score (nSPS) is 11.2. The first-order chi connectivity index (χ1) is 9.61. The van der Waals surface area contributed by atoms with Crippen LogP contribution in [-0.2, 0) is 4.79 Å². The van der Waals surface area contributed by atoms with E-state index in [1.807, 2.05) is 38.4 Å². The summed E-state index contributed by atoms with van der Waals surface area (Å²) in [6.07, 6.45) is 2.46. The van der Waals surface area contributed by atoms with Gasteiger partial charge in [-0.05, 0) is 41.8 Å². The number of benzene rings is 2. The van der Waals surface area contributed by atoms with E-state index in [0.29, 0.717) is 0 Å². The van der Waals surface area contributed by atoms with Crippen LogP contribution >= 0.6 is 0 Å². The van der Waals surface area contributed by atoms with Gasteiger partial charge in [0.1, 0.15) is 6.29 Å². The van der Waals surface area contributed by atoms with Crippen LogP contribution in [0.25, 0.3) is 5.57 Å². The topological polar surface area (TPSA) is 20.3 Å². The third-order valence-electron chi connectivity index (χ3n) is 3.29. The summed E-state index contributed by atoms with van der Waals surface area (Å²) in [5, 5.41) is 0. The van der Waals surface area contributed by atoms with Gasteiger partial charge in [-0.2, -0.15) is 0 Å². The van der Waals surface area contributed by atoms with E-state index < -0.39 is 0 Å². The fourth-order valence-electron chi connectivity index (χ4n) is 2.10. The molecule has 0 atom stereocenters. The molecule has 0 aliphatic heterocycles. The number of anilines is 1. The number of aryl methyl sites for hydroxylation is 1. The van der Waals surface area contributed by atoms with Gasteiger partial charge in [0.2, 0.25) is 0 Å². The van der Waals surface area contributed by atoms with E-state index in [0.717, 1.165) is 28.7 Å². The van der Waals surface area contributed by atoms with Crippen LogP contribution in [0, 0.1) is 6.92 Å². The maximum Gasteiger partial charge on any atom is 0.143 e. The Balaban J connectivity index is 2.41. The Morgan fingerprint density at radius 3 is 1.85 bits per heavy atom. The molecule has 0 amide bonds. The lowest BCUT2D eigenvalue weighted by Gasteiger charge is -2.14. The lowest BCUT2D eigenvalue weighted by molar-refractivity contribution is -0.104. The van der Waals surface area contributed by atoms with Crippen LogP contribution in [-0.4, -0.2) is 20.4 Å². The van der Waals surface area contributed by atoms with Crippen molar-refractivity contribution in [3.63, 3.8) is 0 Å². The van der Waals surface area contributed by atoms with Crippen LogP contribution in [0.2, 0.25) is 0 Å². The first-order valence-corrected chi connectivity index (χ1v) is 6.62. The van der Waals surface area contributed by atoms with Gasteiger partial charge in [-0.3, -0.25) is 4.79 Å². The summed E-state index contributed by atoms with van der Waals surface area (Å²) < 4.78 is 0. The molecule has 2 nitrogen and oxygen atoms in total. The molecule has 0 aromatic heterocycles. The smallest absolute Gasteiger partial charge is 0.143 e. The number of nitrogens with zero attached hydrogens (tertiary/aromatic N) is 1. The Bertz CT molecular complexity index is 607. The minimum atomic E-state index is 0.842. The van der Waals surface area contributed by atoms with Crippen molar-refractivity contribution < 1.29 is 4.79 Å². The van der Waals surface area contributed by atoms with E-state index in [9.17, 15) is 4.79 Å². The number of allylic oxidation sites excluding steroid dienone is 1. The van der Waals surface area contributed by atoms with Crippen LogP contribution in [0.15, 0.2) is 54.6 Å². The van der Waals surface area contributed by atoms with Crippen molar-refractivity contribution in [1.82, 2.24) is 0 Å². The number of hydrogen-bond donors (Lipinski definition) is 0. The van der Waals surface area contributed by atoms with Gasteiger partial charge in [0.05, 0.1) is 0 Å². The molecule has 0 heterocycles. The average molecular weight is 265 g/mol. The first kappa shape index (κ1) is 14.1. The highest BCUT2D eigenvalue weighted by Crippen LogP contribution is 2.25. The molecule has 0 aliphatic rings. The van der Waals surface area contributed by atoms with E-state index in [1.54, 1.807) is 6.08 Å². The highest BCUT2D eigenvalue weighted by molar-refractivity contribution is 5.89. The largest absolute Gasteiger partial charge is 0.378 e. The second kappa shape index (κ2) is 6.20. The first-order valence-electron chi connectivity index (χ1n) is 6.62. The lowest BCUT2D eigenvalue weighted by atomic mass is 9.97. The standard InChI is InChI=1S/C18H19NO/c1-14-4-6-15(7-5-14)18(12-13-20)16-8-10-17(11-9-16)19(2)3/h4-13H,1-3H3/b18-12+. The Morgan fingerprint density at radius 1 is 0.900 bits per heavy atom. The summed E-state index contributed by atoms with van der Waals surface area (Å²) in [4.78, 5) is 13.0. The van der Waals surface area contributed by atoms with E-state index in [-0.39, 0.29) is 0 Å². The summed E-state index contributed by atoms with van der Waals surface area (Å²) >= 11 is 0. The van der Waals surface area contributed by atoms with Crippen molar-refractivity contribution in [2.24, 2.45) is 0 Å². The molecular weight excluding hydrogens is 246 g/mol. The molecule has 0 radical (unpaired) electrons. The number of aldehydes is 1. The number of rotatable bonds is 4. The zero-order valence-electron chi connectivity index (χ0n) is 12.1. The molecule has 0 unspecified atom stereocenters. The molecule has 2 aromatic carbocycles. The fraction of sp³-hybridized carbons (Fsp3) is 0.167. The van der Waals surface area contributed by atoms with E-state index in [2.05, 4.69) is 36.1 Å². The predicted molar refractivity (Wildman–Crippen MR) is 85.1 cm³/mol. The van der Waals surface area contributed by atoms with Gasteiger partial charge < -0.3 is 4.90 Å². The quantitative estimate of drug-likeness (QED) is 0.620. The zero-order valence-corrected chi connectivity index (χ0v) is 12.1. The zero-order chi connectivity index (χ0) is 14.5. The van der Waals surface area contributed by atoms with Crippen LogP contribution < -0.4 is 4.90 Å². The molecule has 0 fully saturated rings. The van der Waals surface area contributed by atoms with E-state index in [1.165, 1.54) is 5.56 Å². The molecule has 0 saturated heterocycles. The SMILES string of the molecule is Cc1ccc(/C(=C\C=O)c2ccc(N(C)C)cc2)cc1. The van der Waals surface area contributed by atoms with Crippen LogP contribution in [0.5, 0.6) is 0 Å². The second-order valence-corrected chi connectivity index (χ2v) is 5.02. The van der Waals surface area contributed by atoms with Crippen molar-refractivity contribution in [2.45, 2.75) is 6.92 Å². The van der Waals surface area contributed by atoms with E-state index in [4.69, 9.17) is 0 Å². The summed E-state index contributed by atoms with van der Waals surface area (Å²) in [5.41, 5.74) is 5.41. The maximum atomic E-state index is 10.9. The molecule has 20 heavy (non-hydrogen) atoms. The monoisotopic (exact) mass is 265 g/mol. The van der Waals surface area contributed by atoms with Crippen molar-refractivity contribution in [2.75, 3.05) is 19.0 Å². The van der Waals surface area contributed by atoms with Gasteiger partial charge in [-0.25, -0.2) is 0 Å². The Morgan fingerprint density at radius 2 is 1.40 bits per heavy atom. The summed E-state index contributed by atoms with van der Waals surface area (Å²) in [6, 6.07) is 16.4. The molecule has 0 N–H and O–H groups in total. The third kappa shape index (κ3) is 3.15. The number of carbonyl (C=O) groups excluding carboxylic acids is 1. The minimum Gasteiger partial charge on any atom is -0.378 e.